The number of amides is 4. The predicted octanol–water partition coefficient (Wildman–Crippen LogP) is 3.72. The molecule has 2 heterocycles. The molecule has 0 bridgehead atoms. The maximum Gasteiger partial charge on any atom is 0.253 e. The Morgan fingerprint density at radius 1 is 0.946 bits per heavy atom. The standard InChI is InChI=1S/C27H21Cl2FN2O5/c1-31-24(36)26(28)12-17-14(20(27(26,29)25(31)37)16-8-5-9-18(30)21(16)33)10-11-15-19(17)23(35)32(22(15)34)13-6-3-2-4-7-13/h2-10,15,17,19-20,33H,11-12H2,1H3. The molecular formula is C27H21Cl2FN2O5. The molecule has 6 atom stereocenters. The second-order valence-electron chi connectivity index (χ2n) is 10.0. The lowest BCUT2D eigenvalue weighted by atomic mass is 9.56. The van der Waals surface area contributed by atoms with E-state index in [1.54, 1.807) is 36.4 Å². The number of hydrogen-bond acceptors (Lipinski definition) is 5. The number of phenolic OH excluding ortho intramolecular Hbond substituents is 1. The van der Waals surface area contributed by atoms with Crippen LogP contribution >= 0.6 is 23.2 Å². The van der Waals surface area contributed by atoms with Gasteiger partial charge in [-0.25, -0.2) is 4.39 Å². The Morgan fingerprint density at radius 2 is 1.65 bits per heavy atom. The minimum Gasteiger partial charge on any atom is -0.505 e. The number of carbonyl (C=O) groups excluding carboxylic acids is 4. The van der Waals surface area contributed by atoms with Gasteiger partial charge in [0, 0.05) is 18.5 Å². The zero-order valence-electron chi connectivity index (χ0n) is 19.5. The third-order valence-corrected chi connectivity index (χ3v) is 9.77. The van der Waals surface area contributed by atoms with Gasteiger partial charge in [-0.05, 0) is 37.0 Å². The van der Waals surface area contributed by atoms with Crippen LogP contribution in [0.3, 0.4) is 0 Å². The Labute approximate surface area is 221 Å². The van der Waals surface area contributed by atoms with E-state index < -0.39 is 62.7 Å². The van der Waals surface area contributed by atoms with Crippen molar-refractivity contribution in [3.63, 3.8) is 0 Å². The summed E-state index contributed by atoms with van der Waals surface area (Å²) in [6.07, 6.45) is 1.74. The lowest BCUT2D eigenvalue weighted by Gasteiger charge is -2.50. The fraction of sp³-hybridized carbons (Fsp3) is 0.333. The lowest BCUT2D eigenvalue weighted by Crippen LogP contribution is -2.60. The summed E-state index contributed by atoms with van der Waals surface area (Å²) >= 11 is 14.0. The largest absolute Gasteiger partial charge is 0.505 e. The molecule has 2 aliphatic heterocycles. The quantitative estimate of drug-likeness (QED) is 0.354. The maximum absolute atomic E-state index is 14.5. The van der Waals surface area contributed by atoms with E-state index >= 15 is 0 Å². The maximum atomic E-state index is 14.5. The number of rotatable bonds is 2. The van der Waals surface area contributed by atoms with Gasteiger partial charge in [0.25, 0.3) is 11.8 Å². The number of benzene rings is 2. The zero-order chi connectivity index (χ0) is 26.4. The van der Waals surface area contributed by atoms with E-state index in [4.69, 9.17) is 23.2 Å². The number of halogens is 3. The number of aromatic hydroxyl groups is 1. The van der Waals surface area contributed by atoms with Gasteiger partial charge in [0.1, 0.15) is 0 Å². The summed E-state index contributed by atoms with van der Waals surface area (Å²) in [7, 11) is 1.27. The summed E-state index contributed by atoms with van der Waals surface area (Å²) in [5, 5.41) is 10.7. The molecule has 1 N–H and O–H groups in total. The number of likely N-dealkylation sites (tertiary alicyclic amines) is 1. The molecule has 4 amide bonds. The van der Waals surface area contributed by atoms with Crippen LogP contribution in [0.1, 0.15) is 24.3 Å². The molecule has 37 heavy (non-hydrogen) atoms. The zero-order valence-corrected chi connectivity index (χ0v) is 21.0. The van der Waals surface area contributed by atoms with Crippen molar-refractivity contribution in [3.8, 4) is 5.75 Å². The number of phenols is 1. The van der Waals surface area contributed by atoms with E-state index in [0.29, 0.717) is 11.3 Å². The first-order valence-electron chi connectivity index (χ1n) is 11.8. The van der Waals surface area contributed by atoms with E-state index in [1.807, 2.05) is 0 Å². The van der Waals surface area contributed by atoms with Crippen LogP contribution < -0.4 is 4.90 Å². The SMILES string of the molecule is CN1C(=O)C2(Cl)CC3C(=CCC4C(=O)N(c5ccccc5)C(=O)C43)C(c3cccc(F)c3O)C2(Cl)C1=O. The highest BCUT2D eigenvalue weighted by Gasteiger charge is 2.76. The normalized spacial score (nSPS) is 34.9. The highest BCUT2D eigenvalue weighted by molar-refractivity contribution is 6.53. The van der Waals surface area contributed by atoms with E-state index in [0.717, 1.165) is 15.9 Å². The van der Waals surface area contributed by atoms with Gasteiger partial charge in [0.05, 0.1) is 17.5 Å². The molecule has 2 aromatic carbocycles. The summed E-state index contributed by atoms with van der Waals surface area (Å²) in [5.41, 5.74) is 0.909. The number of alkyl halides is 2. The first-order valence-corrected chi connectivity index (χ1v) is 12.6. The number of allylic oxidation sites excluding steroid dienone is 2. The lowest BCUT2D eigenvalue weighted by molar-refractivity contribution is -0.138. The summed E-state index contributed by atoms with van der Waals surface area (Å²) in [6.45, 7) is 0. The molecule has 0 radical (unpaired) electrons. The third kappa shape index (κ3) is 2.88. The van der Waals surface area contributed by atoms with Crippen molar-refractivity contribution >= 4 is 52.5 Å². The molecule has 0 aromatic heterocycles. The highest BCUT2D eigenvalue weighted by Crippen LogP contribution is 2.66. The van der Waals surface area contributed by atoms with Crippen molar-refractivity contribution in [1.82, 2.24) is 4.90 Å². The summed E-state index contributed by atoms with van der Waals surface area (Å²) in [5.74, 6) is -7.48. The molecular weight excluding hydrogens is 522 g/mol. The van der Waals surface area contributed by atoms with Crippen molar-refractivity contribution in [2.75, 3.05) is 11.9 Å². The van der Waals surface area contributed by atoms with Gasteiger partial charge >= 0.3 is 0 Å². The van der Waals surface area contributed by atoms with Crippen molar-refractivity contribution in [2.24, 2.45) is 17.8 Å². The number of fused-ring (bicyclic) bond motifs is 4. The van der Waals surface area contributed by atoms with Crippen molar-refractivity contribution in [2.45, 2.75) is 28.5 Å². The number of para-hydroxylation sites is 2. The van der Waals surface area contributed by atoms with Gasteiger partial charge in [-0.2, -0.15) is 0 Å². The van der Waals surface area contributed by atoms with Crippen molar-refractivity contribution in [3.05, 3.63) is 71.6 Å². The van der Waals surface area contributed by atoms with Crippen LogP contribution in [0.2, 0.25) is 0 Å². The van der Waals surface area contributed by atoms with E-state index in [1.165, 1.54) is 19.2 Å². The minimum atomic E-state index is -2.08. The Balaban J connectivity index is 1.55. The van der Waals surface area contributed by atoms with Crippen molar-refractivity contribution in [1.29, 1.82) is 0 Å². The van der Waals surface area contributed by atoms with Crippen LogP contribution in [-0.2, 0) is 19.2 Å². The van der Waals surface area contributed by atoms with E-state index in [2.05, 4.69) is 0 Å². The molecule has 6 unspecified atom stereocenters. The number of imide groups is 2. The van der Waals surface area contributed by atoms with Crippen LogP contribution in [0.15, 0.2) is 60.2 Å². The third-order valence-electron chi connectivity index (χ3n) is 8.36. The fourth-order valence-corrected chi connectivity index (χ4v) is 7.70. The van der Waals surface area contributed by atoms with Crippen LogP contribution in [0.4, 0.5) is 10.1 Å². The van der Waals surface area contributed by atoms with Gasteiger partial charge in [-0.15, -0.1) is 23.2 Å². The summed E-state index contributed by atoms with van der Waals surface area (Å²) in [4.78, 5) is 52.0. The number of hydrogen-bond donors (Lipinski definition) is 1. The topological polar surface area (TPSA) is 95.0 Å². The molecule has 1 saturated carbocycles. The minimum absolute atomic E-state index is 0.0115. The second-order valence-corrected chi connectivity index (χ2v) is 11.3. The Morgan fingerprint density at radius 3 is 2.35 bits per heavy atom. The predicted molar refractivity (Wildman–Crippen MR) is 132 cm³/mol. The second kappa shape index (κ2) is 7.88. The van der Waals surface area contributed by atoms with Gasteiger partial charge in [0.15, 0.2) is 21.3 Å². The van der Waals surface area contributed by atoms with Gasteiger partial charge in [0.2, 0.25) is 11.8 Å². The fourth-order valence-electron chi connectivity index (χ4n) is 6.69. The molecule has 2 aromatic rings. The highest BCUT2D eigenvalue weighted by atomic mass is 35.5. The Kier molecular flexibility index (Phi) is 5.14. The molecule has 6 rings (SSSR count). The van der Waals surface area contributed by atoms with E-state index in [9.17, 15) is 28.7 Å². The van der Waals surface area contributed by atoms with E-state index in [-0.39, 0.29) is 24.3 Å². The number of nitrogens with zero attached hydrogens (tertiary/aromatic N) is 2. The smallest absolute Gasteiger partial charge is 0.253 e. The molecule has 3 fully saturated rings. The van der Waals surface area contributed by atoms with Crippen LogP contribution in [0, 0.1) is 23.6 Å². The first-order chi connectivity index (χ1) is 17.5. The Bertz CT molecular complexity index is 1430. The molecule has 2 aliphatic carbocycles. The molecule has 7 nitrogen and oxygen atoms in total. The summed E-state index contributed by atoms with van der Waals surface area (Å²) < 4.78 is 14.5. The molecule has 4 aliphatic rings. The Hall–Kier alpha value is -3.23. The van der Waals surface area contributed by atoms with Crippen LogP contribution in [0.25, 0.3) is 0 Å². The summed E-state index contributed by atoms with van der Waals surface area (Å²) in [6, 6.07) is 12.4. The molecule has 190 valence electrons. The average molecular weight is 543 g/mol. The number of carbonyl (C=O) groups is 4. The van der Waals surface area contributed by atoms with Gasteiger partial charge < -0.3 is 5.11 Å². The van der Waals surface area contributed by atoms with Crippen LogP contribution in [-0.4, -0.2) is 50.4 Å². The van der Waals surface area contributed by atoms with Gasteiger partial charge in [-0.3, -0.25) is 29.0 Å². The number of anilines is 1. The van der Waals surface area contributed by atoms with Crippen molar-refractivity contribution < 1.29 is 28.7 Å². The van der Waals surface area contributed by atoms with Crippen LogP contribution in [0.5, 0.6) is 5.75 Å². The average Bonchev–Trinajstić information content (AvgIpc) is 3.21. The first kappa shape index (κ1) is 24.1. The van der Waals surface area contributed by atoms with Gasteiger partial charge in [-0.1, -0.05) is 42.0 Å². The monoisotopic (exact) mass is 542 g/mol. The molecule has 10 heteroatoms. The molecule has 0 spiro atoms. The molecule has 2 saturated heterocycles.